The Kier molecular flexibility index (Phi) is 4.97. The van der Waals surface area contributed by atoms with Gasteiger partial charge in [-0.25, -0.2) is 13.1 Å². The first kappa shape index (κ1) is 17.1. The Morgan fingerprint density at radius 3 is 2.58 bits per heavy atom. The molecule has 24 heavy (non-hydrogen) atoms. The van der Waals surface area contributed by atoms with Crippen LogP contribution >= 0.6 is 11.3 Å². The number of amides is 1. The van der Waals surface area contributed by atoms with Crippen molar-refractivity contribution >= 4 is 33.0 Å². The van der Waals surface area contributed by atoms with Gasteiger partial charge in [-0.2, -0.15) is 0 Å². The number of ether oxygens (including phenoxy) is 1. The lowest BCUT2D eigenvalue weighted by Gasteiger charge is -2.15. The lowest BCUT2D eigenvalue weighted by molar-refractivity contribution is -0.0686. The molecule has 3 N–H and O–H groups in total. The highest BCUT2D eigenvalue weighted by Gasteiger charge is 2.30. The second kappa shape index (κ2) is 6.99. The number of aliphatic hydroxyl groups is 1. The van der Waals surface area contributed by atoms with Crippen LogP contribution < -0.4 is 10.0 Å². The van der Waals surface area contributed by atoms with Crippen LogP contribution in [-0.4, -0.2) is 38.4 Å². The van der Waals surface area contributed by atoms with E-state index in [-0.39, 0.29) is 10.8 Å². The zero-order chi connectivity index (χ0) is 17.2. The number of thiophene rings is 1. The summed E-state index contributed by atoms with van der Waals surface area (Å²) in [7, 11) is -3.77. The third kappa shape index (κ3) is 3.82. The molecule has 3 rings (SSSR count). The Morgan fingerprint density at radius 1 is 1.25 bits per heavy atom. The maximum Gasteiger partial charge on any atom is 0.265 e. The van der Waals surface area contributed by atoms with Gasteiger partial charge >= 0.3 is 0 Å². The van der Waals surface area contributed by atoms with Crippen LogP contribution in [0.2, 0.25) is 0 Å². The van der Waals surface area contributed by atoms with E-state index in [0.717, 1.165) is 0 Å². The molecule has 0 bridgehead atoms. The Bertz CT molecular complexity index is 803. The van der Waals surface area contributed by atoms with Crippen LogP contribution in [0.5, 0.6) is 0 Å². The first-order valence-corrected chi connectivity index (χ1v) is 9.59. The van der Waals surface area contributed by atoms with Crippen molar-refractivity contribution in [3.63, 3.8) is 0 Å². The van der Waals surface area contributed by atoms with Gasteiger partial charge in [-0.15, -0.1) is 11.3 Å². The third-order valence-corrected chi connectivity index (χ3v) is 5.91. The predicted octanol–water partition coefficient (Wildman–Crippen LogP) is 1.39. The fourth-order valence-electron chi connectivity index (χ4n) is 2.28. The number of nitrogens with one attached hydrogen (secondary N) is 2. The van der Waals surface area contributed by atoms with Crippen molar-refractivity contribution in [2.24, 2.45) is 0 Å². The van der Waals surface area contributed by atoms with Crippen LogP contribution in [0.25, 0.3) is 0 Å². The third-order valence-electron chi connectivity index (χ3n) is 3.54. The minimum absolute atomic E-state index is 0.0516. The van der Waals surface area contributed by atoms with Crippen molar-refractivity contribution in [1.29, 1.82) is 0 Å². The lowest BCUT2D eigenvalue weighted by Crippen LogP contribution is -2.40. The number of anilines is 1. The summed E-state index contributed by atoms with van der Waals surface area (Å²) in [6.45, 7) is 0.308. The summed E-state index contributed by atoms with van der Waals surface area (Å²) in [6.07, 6.45) is -0.723. The smallest absolute Gasteiger partial charge is 0.265 e. The summed E-state index contributed by atoms with van der Waals surface area (Å²) in [4.78, 5) is 12.6. The molecule has 1 fully saturated rings. The molecule has 2 heterocycles. The van der Waals surface area contributed by atoms with E-state index >= 15 is 0 Å². The van der Waals surface area contributed by atoms with E-state index in [2.05, 4.69) is 10.0 Å². The van der Waals surface area contributed by atoms with E-state index in [9.17, 15) is 18.3 Å². The van der Waals surface area contributed by atoms with Crippen molar-refractivity contribution in [3.05, 3.63) is 46.7 Å². The minimum Gasteiger partial charge on any atom is -0.367 e. The Hall–Kier alpha value is -1.78. The predicted molar refractivity (Wildman–Crippen MR) is 89.4 cm³/mol. The summed E-state index contributed by atoms with van der Waals surface area (Å²) in [5.74, 6) is -0.245. The van der Waals surface area contributed by atoms with Gasteiger partial charge in [0.25, 0.3) is 5.91 Å². The van der Waals surface area contributed by atoms with E-state index < -0.39 is 22.4 Å². The van der Waals surface area contributed by atoms with Gasteiger partial charge in [-0.3, -0.25) is 4.79 Å². The standard InChI is InChI=1S/C15H16N2O5S2/c18-14(13-2-1-9-23-13)16-10-3-5-11(6-4-10)24(20,21)17-12-7-8-22-15(12)19/h1-6,9,12,15,17,19H,7-8H2,(H,16,18)/t12-,15-/m0/s1. The van der Waals surface area contributed by atoms with Crippen LogP contribution in [0.4, 0.5) is 5.69 Å². The van der Waals surface area contributed by atoms with Crippen molar-refractivity contribution in [3.8, 4) is 0 Å². The van der Waals surface area contributed by atoms with Crippen LogP contribution in [0.1, 0.15) is 16.1 Å². The van der Waals surface area contributed by atoms with E-state index in [1.807, 2.05) is 0 Å². The molecule has 7 nitrogen and oxygen atoms in total. The van der Waals surface area contributed by atoms with Crippen LogP contribution in [-0.2, 0) is 14.8 Å². The van der Waals surface area contributed by atoms with Gasteiger partial charge in [0.05, 0.1) is 22.4 Å². The van der Waals surface area contributed by atoms with Crippen LogP contribution in [0.15, 0.2) is 46.7 Å². The number of carbonyl (C=O) groups excluding carboxylic acids is 1. The molecule has 1 aliphatic heterocycles. The van der Waals surface area contributed by atoms with Crippen molar-refractivity contribution < 1.29 is 23.1 Å². The van der Waals surface area contributed by atoms with Crippen LogP contribution in [0.3, 0.4) is 0 Å². The molecule has 1 saturated heterocycles. The summed E-state index contributed by atoms with van der Waals surface area (Å²) in [6, 6.07) is 8.65. The van der Waals surface area contributed by atoms with Gasteiger partial charge in [0.2, 0.25) is 10.0 Å². The molecule has 128 valence electrons. The second-order valence-corrected chi connectivity index (χ2v) is 7.90. The fourth-order valence-corrected chi connectivity index (χ4v) is 4.16. The SMILES string of the molecule is O=C(Nc1ccc(S(=O)(=O)N[C@H]2CCO[C@@H]2O)cc1)c1cccs1. The number of benzene rings is 1. The van der Waals surface area contributed by atoms with E-state index in [0.29, 0.717) is 23.6 Å². The molecule has 9 heteroatoms. The molecule has 1 aromatic carbocycles. The van der Waals surface area contributed by atoms with Gasteiger partial charge in [-0.05, 0) is 42.1 Å². The molecule has 0 spiro atoms. The lowest BCUT2D eigenvalue weighted by atomic mass is 10.3. The van der Waals surface area contributed by atoms with Crippen LogP contribution in [0, 0.1) is 0 Å². The first-order chi connectivity index (χ1) is 11.5. The first-order valence-electron chi connectivity index (χ1n) is 7.23. The van der Waals surface area contributed by atoms with E-state index in [1.54, 1.807) is 17.5 Å². The zero-order valence-corrected chi connectivity index (χ0v) is 14.1. The topological polar surface area (TPSA) is 105 Å². The molecule has 1 aromatic heterocycles. The highest BCUT2D eigenvalue weighted by molar-refractivity contribution is 7.89. The molecule has 2 aromatic rings. The monoisotopic (exact) mass is 368 g/mol. The molecule has 0 unspecified atom stereocenters. The molecule has 2 atom stereocenters. The quantitative estimate of drug-likeness (QED) is 0.740. The molecule has 0 saturated carbocycles. The van der Waals surface area contributed by atoms with Gasteiger partial charge < -0.3 is 15.2 Å². The second-order valence-electron chi connectivity index (χ2n) is 5.23. The fraction of sp³-hybridized carbons (Fsp3) is 0.267. The highest BCUT2D eigenvalue weighted by Crippen LogP contribution is 2.19. The summed E-state index contributed by atoms with van der Waals surface area (Å²) in [5.41, 5.74) is 0.497. The number of aliphatic hydroxyl groups excluding tert-OH is 1. The van der Waals surface area contributed by atoms with Gasteiger partial charge in [0.1, 0.15) is 0 Å². The van der Waals surface area contributed by atoms with Crippen molar-refractivity contribution in [2.45, 2.75) is 23.6 Å². The van der Waals surface area contributed by atoms with Gasteiger partial charge in [0.15, 0.2) is 6.29 Å². The number of rotatable bonds is 5. The number of hydrogen-bond acceptors (Lipinski definition) is 6. The van der Waals surface area contributed by atoms with Gasteiger partial charge in [0, 0.05) is 5.69 Å². The minimum atomic E-state index is -3.77. The normalized spacial score (nSPS) is 20.9. The zero-order valence-electron chi connectivity index (χ0n) is 12.5. The van der Waals surface area contributed by atoms with Crippen molar-refractivity contribution in [2.75, 3.05) is 11.9 Å². The molecular formula is C15H16N2O5S2. The summed E-state index contributed by atoms with van der Waals surface area (Å²) in [5, 5.41) is 14.0. The Labute approximate surface area is 143 Å². The van der Waals surface area contributed by atoms with Crippen molar-refractivity contribution in [1.82, 2.24) is 4.72 Å². The maximum absolute atomic E-state index is 12.3. The number of sulfonamides is 1. The summed E-state index contributed by atoms with van der Waals surface area (Å²) >= 11 is 1.32. The average Bonchev–Trinajstić information content (AvgIpc) is 3.20. The Balaban J connectivity index is 1.68. The van der Waals surface area contributed by atoms with Gasteiger partial charge in [-0.1, -0.05) is 6.07 Å². The molecule has 1 amide bonds. The number of carbonyl (C=O) groups is 1. The summed E-state index contributed by atoms with van der Waals surface area (Å²) < 4.78 is 31.9. The maximum atomic E-state index is 12.3. The van der Waals surface area contributed by atoms with E-state index in [1.165, 1.54) is 35.6 Å². The average molecular weight is 368 g/mol. The molecular weight excluding hydrogens is 352 g/mol. The molecule has 0 radical (unpaired) electrons. The van der Waals surface area contributed by atoms with E-state index in [4.69, 9.17) is 4.74 Å². The molecule has 1 aliphatic rings. The highest BCUT2D eigenvalue weighted by atomic mass is 32.2. The molecule has 0 aliphatic carbocycles. The largest absolute Gasteiger partial charge is 0.367 e. The number of hydrogen-bond donors (Lipinski definition) is 3. The Morgan fingerprint density at radius 2 is 2.00 bits per heavy atom.